The Kier molecular flexibility index (Phi) is 5.13. The molecule has 1 heterocycles. The summed E-state index contributed by atoms with van der Waals surface area (Å²) in [6.07, 6.45) is 0. The highest BCUT2D eigenvalue weighted by molar-refractivity contribution is 7.91. The Balaban J connectivity index is 3.19. The van der Waals surface area contributed by atoms with Gasteiger partial charge >= 0.3 is 11.9 Å². The Hall–Kier alpha value is -1.45. The van der Waals surface area contributed by atoms with Crippen molar-refractivity contribution in [1.82, 2.24) is 4.31 Å². The standard InChI is InChI=1S/C12H17NO6S2/c1-12(2,3)8-4-5-11(20-8)21(18,19)13(6-9(14)15)7-10(16)17/h4-5H,6-7H2,1-3H3,(H,14,15)(H,16,17). The molecule has 0 spiro atoms. The van der Waals surface area contributed by atoms with Crippen LogP contribution in [0.25, 0.3) is 0 Å². The maximum absolute atomic E-state index is 12.4. The predicted molar refractivity (Wildman–Crippen MR) is 77.0 cm³/mol. The Labute approximate surface area is 126 Å². The molecule has 0 aliphatic carbocycles. The third-order valence-electron chi connectivity index (χ3n) is 2.54. The van der Waals surface area contributed by atoms with Crippen LogP contribution in [-0.2, 0) is 25.0 Å². The van der Waals surface area contributed by atoms with Gasteiger partial charge in [0.1, 0.15) is 17.3 Å². The highest BCUT2D eigenvalue weighted by atomic mass is 32.2. The molecule has 0 saturated carbocycles. The van der Waals surface area contributed by atoms with Crippen molar-refractivity contribution in [1.29, 1.82) is 0 Å². The van der Waals surface area contributed by atoms with E-state index in [-0.39, 0.29) is 9.62 Å². The Morgan fingerprint density at radius 1 is 1.14 bits per heavy atom. The highest BCUT2D eigenvalue weighted by Crippen LogP contribution is 2.32. The second-order valence-electron chi connectivity index (χ2n) is 5.43. The number of hydrogen-bond donors (Lipinski definition) is 2. The largest absolute Gasteiger partial charge is 0.480 e. The van der Waals surface area contributed by atoms with E-state index in [0.717, 1.165) is 16.2 Å². The van der Waals surface area contributed by atoms with Gasteiger partial charge in [0.05, 0.1) is 0 Å². The molecular weight excluding hydrogens is 318 g/mol. The van der Waals surface area contributed by atoms with Crippen molar-refractivity contribution in [3.63, 3.8) is 0 Å². The molecule has 0 amide bonds. The monoisotopic (exact) mass is 335 g/mol. The first-order valence-electron chi connectivity index (χ1n) is 5.98. The molecule has 1 rings (SSSR count). The molecule has 7 nitrogen and oxygen atoms in total. The van der Waals surface area contributed by atoms with E-state index in [1.54, 1.807) is 6.07 Å². The van der Waals surface area contributed by atoms with Gasteiger partial charge in [0.15, 0.2) is 0 Å². The van der Waals surface area contributed by atoms with Crippen molar-refractivity contribution >= 4 is 33.3 Å². The van der Waals surface area contributed by atoms with E-state index in [9.17, 15) is 18.0 Å². The second-order valence-corrected chi connectivity index (χ2v) is 8.68. The Morgan fingerprint density at radius 3 is 1.95 bits per heavy atom. The normalized spacial score (nSPS) is 12.6. The quantitative estimate of drug-likeness (QED) is 0.808. The highest BCUT2D eigenvalue weighted by Gasteiger charge is 2.31. The molecule has 0 fully saturated rings. The van der Waals surface area contributed by atoms with E-state index in [2.05, 4.69) is 0 Å². The number of thiophene rings is 1. The summed E-state index contributed by atoms with van der Waals surface area (Å²) in [7, 11) is -4.14. The van der Waals surface area contributed by atoms with E-state index in [1.165, 1.54) is 6.07 Å². The number of rotatable bonds is 6. The van der Waals surface area contributed by atoms with Gasteiger partial charge in [0.2, 0.25) is 0 Å². The third-order valence-corrected chi connectivity index (χ3v) is 6.31. The maximum atomic E-state index is 12.4. The molecule has 9 heteroatoms. The molecule has 0 radical (unpaired) electrons. The topological polar surface area (TPSA) is 112 Å². The van der Waals surface area contributed by atoms with Gasteiger partial charge in [-0.2, -0.15) is 4.31 Å². The van der Waals surface area contributed by atoms with E-state index in [0.29, 0.717) is 4.31 Å². The molecule has 0 bridgehead atoms. The van der Waals surface area contributed by atoms with Gasteiger partial charge in [-0.3, -0.25) is 9.59 Å². The molecule has 0 aliphatic rings. The lowest BCUT2D eigenvalue weighted by molar-refractivity contribution is -0.139. The van der Waals surface area contributed by atoms with Crippen LogP contribution < -0.4 is 0 Å². The summed E-state index contributed by atoms with van der Waals surface area (Å²) in [4.78, 5) is 22.3. The van der Waals surface area contributed by atoms with Gasteiger partial charge in [0, 0.05) is 4.88 Å². The van der Waals surface area contributed by atoms with Crippen LogP contribution in [0, 0.1) is 0 Å². The fourth-order valence-electron chi connectivity index (χ4n) is 1.52. The van der Waals surface area contributed by atoms with E-state index < -0.39 is 35.1 Å². The zero-order valence-electron chi connectivity index (χ0n) is 11.9. The lowest BCUT2D eigenvalue weighted by Crippen LogP contribution is -2.39. The van der Waals surface area contributed by atoms with E-state index >= 15 is 0 Å². The van der Waals surface area contributed by atoms with Crippen LogP contribution in [0.5, 0.6) is 0 Å². The molecule has 118 valence electrons. The van der Waals surface area contributed by atoms with Crippen LogP contribution in [0.4, 0.5) is 0 Å². The molecule has 1 aromatic rings. The van der Waals surface area contributed by atoms with Crippen LogP contribution in [0.2, 0.25) is 0 Å². The van der Waals surface area contributed by atoms with Gasteiger partial charge in [-0.25, -0.2) is 8.42 Å². The average molecular weight is 335 g/mol. The predicted octanol–water partition coefficient (Wildman–Crippen LogP) is 1.21. The number of aliphatic carboxylic acids is 2. The van der Waals surface area contributed by atoms with Crippen LogP contribution in [0.3, 0.4) is 0 Å². The number of carbonyl (C=O) groups is 2. The van der Waals surface area contributed by atoms with Crippen LogP contribution >= 0.6 is 11.3 Å². The smallest absolute Gasteiger partial charge is 0.318 e. The van der Waals surface area contributed by atoms with Crippen molar-refractivity contribution in [3.8, 4) is 0 Å². The molecular formula is C12H17NO6S2. The molecule has 1 aromatic heterocycles. The minimum atomic E-state index is -4.14. The van der Waals surface area contributed by atoms with Gasteiger partial charge in [-0.05, 0) is 17.5 Å². The lowest BCUT2D eigenvalue weighted by Gasteiger charge is -2.18. The van der Waals surface area contributed by atoms with Crippen LogP contribution in [0.1, 0.15) is 25.6 Å². The summed E-state index contributed by atoms with van der Waals surface area (Å²) >= 11 is 1.01. The molecule has 0 atom stereocenters. The Morgan fingerprint density at radius 2 is 1.62 bits per heavy atom. The van der Waals surface area contributed by atoms with Gasteiger partial charge in [0.25, 0.3) is 10.0 Å². The summed E-state index contributed by atoms with van der Waals surface area (Å²) in [6, 6.07) is 3.02. The van der Waals surface area contributed by atoms with E-state index in [4.69, 9.17) is 10.2 Å². The van der Waals surface area contributed by atoms with Crippen molar-refractivity contribution in [2.24, 2.45) is 0 Å². The number of nitrogens with zero attached hydrogens (tertiary/aromatic N) is 1. The minimum absolute atomic E-state index is 0.0603. The number of hydrogen-bond acceptors (Lipinski definition) is 5. The van der Waals surface area contributed by atoms with Gasteiger partial charge in [-0.15, -0.1) is 11.3 Å². The van der Waals surface area contributed by atoms with Crippen molar-refractivity contribution in [2.45, 2.75) is 30.4 Å². The summed E-state index contributed by atoms with van der Waals surface area (Å²) in [5, 5.41) is 17.5. The van der Waals surface area contributed by atoms with Gasteiger partial charge < -0.3 is 10.2 Å². The number of carboxylic acids is 2. The average Bonchev–Trinajstić information content (AvgIpc) is 2.75. The summed E-state index contributed by atoms with van der Waals surface area (Å²) in [5.74, 6) is -2.82. The number of carboxylic acid groups (broad SMARTS) is 2. The fraction of sp³-hybridized carbons (Fsp3) is 0.500. The lowest BCUT2D eigenvalue weighted by atomic mass is 9.95. The molecule has 0 aromatic carbocycles. The molecule has 0 aliphatic heterocycles. The SMILES string of the molecule is CC(C)(C)c1ccc(S(=O)(=O)N(CC(=O)O)CC(=O)O)s1. The molecule has 0 unspecified atom stereocenters. The fourth-order valence-corrected chi connectivity index (χ4v) is 4.37. The minimum Gasteiger partial charge on any atom is -0.480 e. The van der Waals surface area contributed by atoms with E-state index in [1.807, 2.05) is 20.8 Å². The first-order valence-corrected chi connectivity index (χ1v) is 8.24. The van der Waals surface area contributed by atoms with Crippen LogP contribution in [0.15, 0.2) is 16.3 Å². The van der Waals surface area contributed by atoms with Crippen molar-refractivity contribution in [2.75, 3.05) is 13.1 Å². The van der Waals surface area contributed by atoms with Crippen LogP contribution in [-0.4, -0.2) is 48.0 Å². The number of sulfonamides is 1. The first kappa shape index (κ1) is 17.6. The molecule has 21 heavy (non-hydrogen) atoms. The molecule has 2 N–H and O–H groups in total. The molecule has 0 saturated heterocycles. The maximum Gasteiger partial charge on any atom is 0.318 e. The first-order chi connectivity index (χ1) is 9.44. The summed E-state index contributed by atoms with van der Waals surface area (Å²) < 4.78 is 25.1. The van der Waals surface area contributed by atoms with Crippen molar-refractivity contribution in [3.05, 3.63) is 17.0 Å². The Bertz CT molecular complexity index is 625. The van der Waals surface area contributed by atoms with Crippen molar-refractivity contribution < 1.29 is 28.2 Å². The van der Waals surface area contributed by atoms with Gasteiger partial charge in [-0.1, -0.05) is 20.8 Å². The summed E-state index contributed by atoms with van der Waals surface area (Å²) in [6.45, 7) is 3.97. The second kappa shape index (κ2) is 6.12. The third kappa shape index (κ3) is 4.51. The zero-order chi connectivity index (χ0) is 16.4. The summed E-state index contributed by atoms with van der Waals surface area (Å²) in [5.41, 5.74) is -0.247. The zero-order valence-corrected chi connectivity index (χ0v) is 13.5.